The van der Waals surface area contributed by atoms with E-state index >= 15 is 0 Å². The summed E-state index contributed by atoms with van der Waals surface area (Å²) in [6.45, 7) is 0. The number of anilines is 1. The Kier molecular flexibility index (Phi) is 4.29. The van der Waals surface area contributed by atoms with Crippen LogP contribution in [0.2, 0.25) is 0 Å². The predicted molar refractivity (Wildman–Crippen MR) is 72.8 cm³/mol. The summed E-state index contributed by atoms with van der Waals surface area (Å²) in [4.78, 5) is 12.0. The molecule has 1 aliphatic heterocycles. The van der Waals surface area contributed by atoms with Gasteiger partial charge in [-0.3, -0.25) is 4.79 Å². The van der Waals surface area contributed by atoms with Gasteiger partial charge in [0, 0.05) is 10.4 Å². The number of halogens is 1. The highest BCUT2D eigenvalue weighted by atomic mass is 79.9. The molecule has 1 saturated heterocycles. The fraction of sp³-hybridized carbons (Fsp3) is 0.417. The number of nitrogens with one attached hydrogen (secondary N) is 1. The molecule has 1 heterocycles. The Bertz CT molecular complexity index is 377. The second-order valence-electron chi connectivity index (χ2n) is 3.86. The molecule has 4 heteroatoms. The van der Waals surface area contributed by atoms with Gasteiger partial charge in [-0.2, -0.15) is 11.8 Å². The summed E-state index contributed by atoms with van der Waals surface area (Å²) in [7, 11) is 0. The molecule has 1 amide bonds. The Labute approximate surface area is 108 Å². The van der Waals surface area contributed by atoms with Crippen LogP contribution in [-0.2, 0) is 4.79 Å². The van der Waals surface area contributed by atoms with Gasteiger partial charge in [0.05, 0.1) is 5.69 Å². The zero-order valence-corrected chi connectivity index (χ0v) is 11.3. The lowest BCUT2D eigenvalue weighted by Gasteiger charge is -2.20. The van der Waals surface area contributed by atoms with Gasteiger partial charge in [0.1, 0.15) is 0 Å². The number of para-hydroxylation sites is 1. The van der Waals surface area contributed by atoms with Crippen molar-refractivity contribution >= 4 is 39.3 Å². The highest BCUT2D eigenvalue weighted by Crippen LogP contribution is 2.26. The first-order valence-corrected chi connectivity index (χ1v) is 7.35. The number of rotatable bonds is 2. The SMILES string of the molecule is O=C(Nc1ccccc1Br)C1CCSCC1. The molecule has 1 aromatic rings. The Hall–Kier alpha value is -0.480. The summed E-state index contributed by atoms with van der Waals surface area (Å²) in [6, 6.07) is 7.72. The molecular formula is C12H14BrNOS. The van der Waals surface area contributed by atoms with E-state index in [1.807, 2.05) is 36.0 Å². The van der Waals surface area contributed by atoms with Crippen LogP contribution in [-0.4, -0.2) is 17.4 Å². The molecule has 86 valence electrons. The quantitative estimate of drug-likeness (QED) is 0.905. The molecule has 2 rings (SSSR count). The van der Waals surface area contributed by atoms with Gasteiger partial charge >= 0.3 is 0 Å². The van der Waals surface area contributed by atoms with Crippen molar-refractivity contribution in [3.8, 4) is 0 Å². The maximum Gasteiger partial charge on any atom is 0.227 e. The average molecular weight is 300 g/mol. The molecule has 1 fully saturated rings. The van der Waals surface area contributed by atoms with E-state index in [1.165, 1.54) is 0 Å². The molecule has 0 saturated carbocycles. The highest BCUT2D eigenvalue weighted by molar-refractivity contribution is 9.10. The van der Waals surface area contributed by atoms with Gasteiger partial charge < -0.3 is 5.32 Å². The largest absolute Gasteiger partial charge is 0.325 e. The third-order valence-electron chi connectivity index (χ3n) is 2.72. The number of carbonyl (C=O) groups excluding carboxylic acids is 1. The third kappa shape index (κ3) is 3.01. The second-order valence-corrected chi connectivity index (χ2v) is 5.93. The van der Waals surface area contributed by atoms with Crippen LogP contribution in [0.25, 0.3) is 0 Å². The number of amides is 1. The first kappa shape index (κ1) is 12.0. The number of carbonyl (C=O) groups is 1. The highest BCUT2D eigenvalue weighted by Gasteiger charge is 2.21. The van der Waals surface area contributed by atoms with Crippen LogP contribution in [0.5, 0.6) is 0 Å². The van der Waals surface area contributed by atoms with Gasteiger partial charge in [0.25, 0.3) is 0 Å². The Balaban J connectivity index is 1.99. The van der Waals surface area contributed by atoms with Gasteiger partial charge in [-0.15, -0.1) is 0 Å². The van der Waals surface area contributed by atoms with Crippen molar-refractivity contribution in [1.82, 2.24) is 0 Å². The predicted octanol–water partition coefficient (Wildman–Crippen LogP) is 3.53. The van der Waals surface area contributed by atoms with Crippen molar-refractivity contribution < 1.29 is 4.79 Å². The van der Waals surface area contributed by atoms with E-state index in [-0.39, 0.29) is 11.8 Å². The van der Waals surface area contributed by atoms with Crippen LogP contribution in [0.3, 0.4) is 0 Å². The van der Waals surface area contributed by atoms with Crippen LogP contribution >= 0.6 is 27.7 Å². The molecule has 0 atom stereocenters. The van der Waals surface area contributed by atoms with Crippen molar-refractivity contribution in [1.29, 1.82) is 0 Å². The number of thioether (sulfide) groups is 1. The van der Waals surface area contributed by atoms with E-state index < -0.39 is 0 Å². The summed E-state index contributed by atoms with van der Waals surface area (Å²) in [6.07, 6.45) is 2.00. The van der Waals surface area contributed by atoms with Crippen LogP contribution in [0, 0.1) is 5.92 Å². The van der Waals surface area contributed by atoms with Crippen LogP contribution in [0.4, 0.5) is 5.69 Å². The van der Waals surface area contributed by atoms with E-state index in [4.69, 9.17) is 0 Å². The molecule has 16 heavy (non-hydrogen) atoms. The molecule has 0 aliphatic carbocycles. The molecule has 0 spiro atoms. The molecule has 1 N–H and O–H groups in total. The molecule has 0 aromatic heterocycles. The van der Waals surface area contributed by atoms with Crippen LogP contribution < -0.4 is 5.32 Å². The maximum atomic E-state index is 12.0. The lowest BCUT2D eigenvalue weighted by molar-refractivity contribution is -0.120. The van der Waals surface area contributed by atoms with Gasteiger partial charge in [-0.1, -0.05) is 12.1 Å². The summed E-state index contributed by atoms with van der Waals surface area (Å²) >= 11 is 5.37. The van der Waals surface area contributed by atoms with Gasteiger partial charge in [0.2, 0.25) is 5.91 Å². The van der Waals surface area contributed by atoms with E-state index in [0.29, 0.717) is 0 Å². The number of benzene rings is 1. The smallest absolute Gasteiger partial charge is 0.227 e. The maximum absolute atomic E-state index is 12.0. The van der Waals surface area contributed by atoms with E-state index in [0.717, 1.165) is 34.5 Å². The third-order valence-corrected chi connectivity index (χ3v) is 4.46. The minimum absolute atomic E-state index is 0.159. The summed E-state index contributed by atoms with van der Waals surface area (Å²) in [5.74, 6) is 2.56. The standard InChI is InChI=1S/C12H14BrNOS/c13-10-3-1-2-4-11(10)14-12(15)9-5-7-16-8-6-9/h1-4,9H,5-8H2,(H,14,15). The lowest BCUT2D eigenvalue weighted by atomic mass is 10.0. The van der Waals surface area contributed by atoms with Crippen molar-refractivity contribution in [2.75, 3.05) is 16.8 Å². The fourth-order valence-electron chi connectivity index (χ4n) is 1.76. The average Bonchev–Trinajstić information content (AvgIpc) is 2.33. The van der Waals surface area contributed by atoms with Crippen LogP contribution in [0.1, 0.15) is 12.8 Å². The van der Waals surface area contributed by atoms with Crippen LogP contribution in [0.15, 0.2) is 28.7 Å². The summed E-state index contributed by atoms with van der Waals surface area (Å²) in [5.41, 5.74) is 0.866. The molecule has 0 unspecified atom stereocenters. The molecule has 0 radical (unpaired) electrons. The molecule has 1 aliphatic rings. The number of hydrogen-bond donors (Lipinski definition) is 1. The van der Waals surface area contributed by atoms with Gasteiger partial charge in [-0.25, -0.2) is 0 Å². The Morgan fingerprint density at radius 3 is 2.69 bits per heavy atom. The van der Waals surface area contributed by atoms with Gasteiger partial charge in [-0.05, 0) is 52.4 Å². The monoisotopic (exact) mass is 299 g/mol. The molecule has 2 nitrogen and oxygen atoms in total. The zero-order valence-electron chi connectivity index (χ0n) is 8.91. The van der Waals surface area contributed by atoms with E-state index in [2.05, 4.69) is 21.2 Å². The van der Waals surface area contributed by atoms with E-state index in [1.54, 1.807) is 0 Å². The molecular weight excluding hydrogens is 286 g/mol. The van der Waals surface area contributed by atoms with Crippen molar-refractivity contribution in [2.45, 2.75) is 12.8 Å². The minimum Gasteiger partial charge on any atom is -0.325 e. The lowest BCUT2D eigenvalue weighted by Crippen LogP contribution is -2.26. The molecule has 1 aromatic carbocycles. The second kappa shape index (κ2) is 5.73. The summed E-state index contributed by atoms with van der Waals surface area (Å²) < 4.78 is 0.938. The molecule has 0 bridgehead atoms. The first-order chi connectivity index (χ1) is 7.77. The minimum atomic E-state index is 0.159. The Morgan fingerprint density at radius 2 is 2.00 bits per heavy atom. The van der Waals surface area contributed by atoms with E-state index in [9.17, 15) is 4.79 Å². The van der Waals surface area contributed by atoms with Crippen molar-refractivity contribution in [2.24, 2.45) is 5.92 Å². The van der Waals surface area contributed by atoms with Crippen molar-refractivity contribution in [3.63, 3.8) is 0 Å². The fourth-order valence-corrected chi connectivity index (χ4v) is 3.25. The topological polar surface area (TPSA) is 29.1 Å². The zero-order chi connectivity index (χ0) is 11.4. The summed E-state index contributed by atoms with van der Waals surface area (Å²) in [5, 5.41) is 2.98. The first-order valence-electron chi connectivity index (χ1n) is 5.40. The normalized spacial score (nSPS) is 17.1. The Morgan fingerprint density at radius 1 is 1.31 bits per heavy atom. The number of hydrogen-bond acceptors (Lipinski definition) is 2. The van der Waals surface area contributed by atoms with Gasteiger partial charge in [0.15, 0.2) is 0 Å². The van der Waals surface area contributed by atoms with Crippen molar-refractivity contribution in [3.05, 3.63) is 28.7 Å².